The van der Waals surface area contributed by atoms with Crippen LogP contribution in [0, 0.1) is 0 Å². The zero-order chi connectivity index (χ0) is 17.9. The summed E-state index contributed by atoms with van der Waals surface area (Å²) in [5.74, 6) is 0.548. The number of aliphatic hydroxyl groups is 1. The van der Waals surface area contributed by atoms with Gasteiger partial charge in [0, 0.05) is 31.2 Å². The lowest BCUT2D eigenvalue weighted by Crippen LogP contribution is -2.43. The number of H-pyrrole nitrogens is 1. The number of likely N-dealkylation sites (tertiary alicyclic amines) is 1. The van der Waals surface area contributed by atoms with E-state index in [9.17, 15) is 9.90 Å². The molecule has 1 aromatic heterocycles. The molecule has 6 heteroatoms. The molecule has 1 saturated heterocycles. The van der Waals surface area contributed by atoms with E-state index in [1.807, 2.05) is 19.0 Å². The second kappa shape index (κ2) is 7.87. The largest absolute Gasteiger partial charge is 0.389 e. The average molecular weight is 348 g/mol. The van der Waals surface area contributed by atoms with Gasteiger partial charge in [0.15, 0.2) is 0 Å². The van der Waals surface area contributed by atoms with Crippen LogP contribution in [0.25, 0.3) is 0 Å². The van der Waals surface area contributed by atoms with Crippen molar-refractivity contribution in [1.29, 1.82) is 0 Å². The highest BCUT2D eigenvalue weighted by Gasteiger charge is 2.34. The molecular formula is C19H32N4O2. The summed E-state index contributed by atoms with van der Waals surface area (Å²) in [5.41, 5.74) is 1.50. The quantitative estimate of drug-likeness (QED) is 0.856. The first kappa shape index (κ1) is 18.4. The third-order valence-corrected chi connectivity index (χ3v) is 5.67. The Hall–Kier alpha value is -1.40. The van der Waals surface area contributed by atoms with Crippen molar-refractivity contribution in [2.45, 2.75) is 69.4 Å². The van der Waals surface area contributed by atoms with Crippen molar-refractivity contribution in [3.05, 3.63) is 17.5 Å². The van der Waals surface area contributed by atoms with Crippen molar-refractivity contribution in [3.63, 3.8) is 0 Å². The van der Waals surface area contributed by atoms with Crippen LogP contribution < -0.4 is 0 Å². The van der Waals surface area contributed by atoms with E-state index in [4.69, 9.17) is 0 Å². The molecule has 6 nitrogen and oxygen atoms in total. The molecule has 25 heavy (non-hydrogen) atoms. The van der Waals surface area contributed by atoms with Crippen molar-refractivity contribution in [3.8, 4) is 0 Å². The molecule has 0 bridgehead atoms. The van der Waals surface area contributed by atoms with E-state index in [-0.39, 0.29) is 5.91 Å². The molecule has 1 aliphatic carbocycles. The van der Waals surface area contributed by atoms with Crippen LogP contribution in [0.3, 0.4) is 0 Å². The van der Waals surface area contributed by atoms with Gasteiger partial charge in [0.1, 0.15) is 0 Å². The zero-order valence-corrected chi connectivity index (χ0v) is 15.6. The van der Waals surface area contributed by atoms with Crippen LogP contribution in [0.4, 0.5) is 0 Å². The summed E-state index contributed by atoms with van der Waals surface area (Å²) >= 11 is 0. The lowest BCUT2D eigenvalue weighted by atomic mass is 9.82. The number of hydrogen-bond donors (Lipinski definition) is 2. The van der Waals surface area contributed by atoms with Gasteiger partial charge in [-0.25, -0.2) is 0 Å². The molecule has 0 spiro atoms. The Morgan fingerprint density at radius 3 is 2.64 bits per heavy atom. The zero-order valence-electron chi connectivity index (χ0n) is 15.6. The smallest absolute Gasteiger partial charge is 0.225 e. The normalized spacial score (nSPS) is 21.7. The fourth-order valence-corrected chi connectivity index (χ4v) is 4.21. The Labute approximate surface area is 150 Å². The van der Waals surface area contributed by atoms with Gasteiger partial charge in [-0.05, 0) is 45.8 Å². The standard InChI is InChI=1S/C19H32N4O2/c1-22(2)14-16-12-17(21-20-16)15-6-10-23(11-7-15)18(24)13-19(25)8-4-3-5-9-19/h12,15,25H,3-11,13-14H2,1-2H3,(H,20,21). The number of amides is 1. The number of nitrogens with one attached hydrogen (secondary N) is 1. The van der Waals surface area contributed by atoms with E-state index in [2.05, 4.69) is 21.2 Å². The van der Waals surface area contributed by atoms with Crippen LogP contribution in [-0.4, -0.2) is 63.8 Å². The summed E-state index contributed by atoms with van der Waals surface area (Å²) in [4.78, 5) is 16.6. The lowest BCUT2D eigenvalue weighted by Gasteiger charge is -2.36. The molecule has 0 unspecified atom stereocenters. The maximum Gasteiger partial charge on any atom is 0.225 e. The molecule has 1 aromatic rings. The topological polar surface area (TPSA) is 72.5 Å². The van der Waals surface area contributed by atoms with Crippen LogP contribution in [-0.2, 0) is 11.3 Å². The second-order valence-corrected chi connectivity index (χ2v) is 8.17. The second-order valence-electron chi connectivity index (χ2n) is 8.17. The minimum Gasteiger partial charge on any atom is -0.389 e. The molecule has 1 amide bonds. The molecule has 2 heterocycles. The minimum atomic E-state index is -0.755. The SMILES string of the molecule is CN(C)Cc1cc(C2CCN(C(=O)CC3(O)CCCCC3)CC2)n[nH]1. The van der Waals surface area contributed by atoms with Gasteiger partial charge in [-0.15, -0.1) is 0 Å². The third-order valence-electron chi connectivity index (χ3n) is 5.67. The number of carbonyl (C=O) groups is 1. The predicted molar refractivity (Wildman–Crippen MR) is 97.2 cm³/mol. The van der Waals surface area contributed by atoms with Crippen LogP contribution in [0.2, 0.25) is 0 Å². The number of carbonyl (C=O) groups excluding carboxylic acids is 1. The molecule has 1 aliphatic heterocycles. The summed E-state index contributed by atoms with van der Waals surface area (Å²) in [7, 11) is 4.09. The number of hydrogen-bond acceptors (Lipinski definition) is 4. The molecule has 2 fully saturated rings. The first-order chi connectivity index (χ1) is 12.0. The predicted octanol–water partition coefficient (Wildman–Crippen LogP) is 2.26. The van der Waals surface area contributed by atoms with E-state index >= 15 is 0 Å². The number of aromatic amines is 1. The van der Waals surface area contributed by atoms with Crippen LogP contribution in [0.1, 0.15) is 68.7 Å². The van der Waals surface area contributed by atoms with Crippen molar-refractivity contribution >= 4 is 5.91 Å². The van der Waals surface area contributed by atoms with Gasteiger partial charge >= 0.3 is 0 Å². The first-order valence-electron chi connectivity index (χ1n) is 9.64. The summed E-state index contributed by atoms with van der Waals surface area (Å²) in [5, 5.41) is 18.2. The Morgan fingerprint density at radius 1 is 1.32 bits per heavy atom. The van der Waals surface area contributed by atoms with Crippen molar-refractivity contribution < 1.29 is 9.90 Å². The number of piperidine rings is 1. The maximum atomic E-state index is 12.6. The first-order valence-corrected chi connectivity index (χ1v) is 9.64. The molecule has 2 aliphatic rings. The molecule has 0 aromatic carbocycles. The Kier molecular flexibility index (Phi) is 5.79. The number of aromatic nitrogens is 2. The van der Waals surface area contributed by atoms with Gasteiger partial charge in [0.05, 0.1) is 17.7 Å². The van der Waals surface area contributed by atoms with Gasteiger partial charge in [0.2, 0.25) is 5.91 Å². The molecular weight excluding hydrogens is 316 g/mol. The summed E-state index contributed by atoms with van der Waals surface area (Å²) in [6, 6.07) is 2.16. The monoisotopic (exact) mass is 348 g/mol. The number of rotatable bonds is 5. The van der Waals surface area contributed by atoms with Crippen LogP contribution >= 0.6 is 0 Å². The minimum absolute atomic E-state index is 0.123. The summed E-state index contributed by atoms with van der Waals surface area (Å²) < 4.78 is 0. The lowest BCUT2D eigenvalue weighted by molar-refractivity contribution is -0.138. The van der Waals surface area contributed by atoms with E-state index in [0.29, 0.717) is 12.3 Å². The van der Waals surface area contributed by atoms with E-state index < -0.39 is 5.60 Å². The average Bonchev–Trinajstić information content (AvgIpc) is 3.03. The summed E-state index contributed by atoms with van der Waals surface area (Å²) in [6.07, 6.45) is 7.02. The molecule has 3 rings (SSSR count). The Bertz CT molecular complexity index is 570. The van der Waals surface area contributed by atoms with Gasteiger partial charge in [0.25, 0.3) is 0 Å². The van der Waals surface area contributed by atoms with Crippen molar-refractivity contribution in [1.82, 2.24) is 20.0 Å². The highest BCUT2D eigenvalue weighted by Crippen LogP contribution is 2.33. The van der Waals surface area contributed by atoms with Gasteiger partial charge < -0.3 is 14.9 Å². The van der Waals surface area contributed by atoms with Gasteiger partial charge in [-0.3, -0.25) is 9.89 Å². The third kappa shape index (κ3) is 4.82. The van der Waals surface area contributed by atoms with Crippen LogP contribution in [0.5, 0.6) is 0 Å². The highest BCUT2D eigenvalue weighted by atomic mass is 16.3. The van der Waals surface area contributed by atoms with Gasteiger partial charge in [-0.2, -0.15) is 5.10 Å². The fraction of sp³-hybridized carbons (Fsp3) is 0.789. The Balaban J connectivity index is 1.49. The molecule has 140 valence electrons. The van der Waals surface area contributed by atoms with Crippen LogP contribution in [0.15, 0.2) is 6.07 Å². The fourth-order valence-electron chi connectivity index (χ4n) is 4.21. The van der Waals surface area contributed by atoms with E-state index in [1.165, 1.54) is 6.42 Å². The number of nitrogens with zero attached hydrogens (tertiary/aromatic N) is 3. The van der Waals surface area contributed by atoms with E-state index in [0.717, 1.165) is 69.5 Å². The molecule has 0 radical (unpaired) electrons. The highest BCUT2D eigenvalue weighted by molar-refractivity contribution is 5.77. The Morgan fingerprint density at radius 2 is 2.00 bits per heavy atom. The molecule has 0 atom stereocenters. The van der Waals surface area contributed by atoms with Gasteiger partial charge in [-0.1, -0.05) is 19.3 Å². The van der Waals surface area contributed by atoms with Crippen molar-refractivity contribution in [2.75, 3.05) is 27.2 Å². The molecule has 2 N–H and O–H groups in total. The maximum absolute atomic E-state index is 12.6. The van der Waals surface area contributed by atoms with Crippen molar-refractivity contribution in [2.24, 2.45) is 0 Å². The molecule has 1 saturated carbocycles. The summed E-state index contributed by atoms with van der Waals surface area (Å²) in [6.45, 7) is 2.41. The van der Waals surface area contributed by atoms with E-state index in [1.54, 1.807) is 0 Å².